The smallest absolute Gasteiger partial charge is 0.326 e. The summed E-state index contributed by atoms with van der Waals surface area (Å²) in [6.07, 6.45) is 1.33. The van der Waals surface area contributed by atoms with E-state index < -0.39 is 28.6 Å². The average molecular weight is 457 g/mol. The zero-order chi connectivity index (χ0) is 23.3. The summed E-state index contributed by atoms with van der Waals surface area (Å²) in [5.74, 6) is -1.86. The SMILES string of the molecule is Nc1nc2ncc(CNc3ccc(C(=O)NC(CCC(=O)S)C(=O)O)cc3)nc2c(=O)[nH]1. The minimum absolute atomic E-state index is 0.0447. The van der Waals surface area contributed by atoms with E-state index in [1.807, 2.05) is 0 Å². The molecule has 3 aromatic rings. The Bertz CT molecular complexity index is 1230. The summed E-state index contributed by atoms with van der Waals surface area (Å²) < 4.78 is 0. The number of hydrogen-bond donors (Lipinski definition) is 6. The molecule has 0 aliphatic rings. The van der Waals surface area contributed by atoms with Crippen molar-refractivity contribution in [3.63, 3.8) is 0 Å². The lowest BCUT2D eigenvalue weighted by Gasteiger charge is -2.14. The van der Waals surface area contributed by atoms with Gasteiger partial charge in [-0.2, -0.15) is 4.98 Å². The van der Waals surface area contributed by atoms with Crippen molar-refractivity contribution in [3.8, 4) is 0 Å². The number of thiol groups is 1. The Hall–Kier alpha value is -4.00. The molecule has 1 amide bonds. The molecule has 1 unspecified atom stereocenters. The van der Waals surface area contributed by atoms with Gasteiger partial charge in [0, 0.05) is 17.7 Å². The summed E-state index contributed by atoms with van der Waals surface area (Å²) >= 11 is 3.60. The van der Waals surface area contributed by atoms with E-state index in [1.54, 1.807) is 12.1 Å². The molecule has 0 spiro atoms. The molecule has 2 heterocycles. The lowest BCUT2D eigenvalue weighted by atomic mass is 10.1. The minimum atomic E-state index is -1.24. The Balaban J connectivity index is 1.62. The molecule has 166 valence electrons. The third-order valence-corrected chi connectivity index (χ3v) is 4.58. The van der Waals surface area contributed by atoms with Crippen LogP contribution < -0.4 is 21.9 Å². The van der Waals surface area contributed by atoms with Gasteiger partial charge in [-0.1, -0.05) is 0 Å². The van der Waals surface area contributed by atoms with Crippen LogP contribution in [0.1, 0.15) is 28.9 Å². The normalized spacial score (nSPS) is 11.7. The Morgan fingerprint density at radius 1 is 1.19 bits per heavy atom. The molecule has 0 aliphatic heterocycles. The Morgan fingerprint density at radius 2 is 1.91 bits per heavy atom. The van der Waals surface area contributed by atoms with Crippen molar-refractivity contribution < 1.29 is 19.5 Å². The molecule has 0 fully saturated rings. The van der Waals surface area contributed by atoms with Crippen molar-refractivity contribution in [3.05, 3.63) is 52.1 Å². The van der Waals surface area contributed by atoms with Crippen LogP contribution in [0.3, 0.4) is 0 Å². The molecule has 0 bridgehead atoms. The van der Waals surface area contributed by atoms with E-state index in [1.165, 1.54) is 18.3 Å². The number of carboxylic acid groups (broad SMARTS) is 1. The number of nitrogens with one attached hydrogen (secondary N) is 3. The summed E-state index contributed by atoms with van der Waals surface area (Å²) in [7, 11) is 0. The zero-order valence-electron chi connectivity index (χ0n) is 16.5. The van der Waals surface area contributed by atoms with Crippen molar-refractivity contribution in [2.75, 3.05) is 11.1 Å². The van der Waals surface area contributed by atoms with Crippen LogP contribution in [0.5, 0.6) is 0 Å². The topological polar surface area (TPSA) is 193 Å². The third kappa shape index (κ3) is 5.78. The predicted molar refractivity (Wildman–Crippen MR) is 118 cm³/mol. The monoisotopic (exact) mass is 457 g/mol. The van der Waals surface area contributed by atoms with Crippen molar-refractivity contribution in [1.29, 1.82) is 0 Å². The number of H-pyrrole nitrogens is 1. The molecule has 0 radical (unpaired) electrons. The van der Waals surface area contributed by atoms with E-state index in [2.05, 4.69) is 43.2 Å². The quantitative estimate of drug-likeness (QED) is 0.244. The lowest BCUT2D eigenvalue weighted by molar-refractivity contribution is -0.139. The van der Waals surface area contributed by atoms with Gasteiger partial charge in [0.1, 0.15) is 6.04 Å². The van der Waals surface area contributed by atoms with E-state index in [9.17, 15) is 24.3 Å². The molecule has 2 aromatic heterocycles. The fraction of sp³-hybridized carbons (Fsp3) is 0.211. The molecule has 0 aliphatic carbocycles. The summed E-state index contributed by atoms with van der Waals surface area (Å²) in [6.45, 7) is 0.247. The van der Waals surface area contributed by atoms with Gasteiger partial charge in [0.25, 0.3) is 11.5 Å². The van der Waals surface area contributed by atoms with Gasteiger partial charge in [0.05, 0.1) is 18.4 Å². The Kier molecular flexibility index (Phi) is 7.00. The van der Waals surface area contributed by atoms with Gasteiger partial charge >= 0.3 is 5.97 Å². The number of nitrogen functional groups attached to an aromatic ring is 1. The van der Waals surface area contributed by atoms with Gasteiger partial charge in [0.15, 0.2) is 16.3 Å². The maximum absolute atomic E-state index is 12.3. The highest BCUT2D eigenvalue weighted by Crippen LogP contribution is 2.12. The van der Waals surface area contributed by atoms with Gasteiger partial charge in [0.2, 0.25) is 5.95 Å². The Labute approximate surface area is 186 Å². The van der Waals surface area contributed by atoms with E-state index in [0.29, 0.717) is 11.4 Å². The third-order valence-electron chi connectivity index (χ3n) is 4.36. The number of fused-ring (bicyclic) bond motifs is 1. The number of amides is 1. The molecule has 12 nitrogen and oxygen atoms in total. The lowest BCUT2D eigenvalue weighted by Crippen LogP contribution is -2.41. The fourth-order valence-corrected chi connectivity index (χ4v) is 2.88. The van der Waals surface area contributed by atoms with E-state index >= 15 is 0 Å². The van der Waals surface area contributed by atoms with Crippen molar-refractivity contribution >= 4 is 52.4 Å². The molecule has 6 N–H and O–H groups in total. The molecule has 3 rings (SSSR count). The largest absolute Gasteiger partial charge is 0.480 e. The van der Waals surface area contributed by atoms with Crippen LogP contribution in [0.2, 0.25) is 0 Å². The number of carboxylic acids is 1. The first-order valence-corrected chi connectivity index (χ1v) is 9.78. The van der Waals surface area contributed by atoms with Crippen LogP contribution >= 0.6 is 12.6 Å². The van der Waals surface area contributed by atoms with Gasteiger partial charge in [-0.25, -0.2) is 14.8 Å². The van der Waals surface area contributed by atoms with Crippen LogP contribution in [-0.2, 0) is 16.1 Å². The molecule has 0 saturated heterocycles. The highest BCUT2D eigenvalue weighted by Gasteiger charge is 2.21. The second-order valence-electron chi connectivity index (χ2n) is 6.71. The van der Waals surface area contributed by atoms with Gasteiger partial charge < -0.3 is 21.5 Å². The van der Waals surface area contributed by atoms with Gasteiger partial charge in [-0.15, -0.1) is 12.6 Å². The van der Waals surface area contributed by atoms with Crippen molar-refractivity contribution in [2.45, 2.75) is 25.4 Å². The van der Waals surface area contributed by atoms with Crippen LogP contribution in [0.15, 0.2) is 35.3 Å². The predicted octanol–water partition coefficient (Wildman–Crippen LogP) is 0.327. The molecular weight excluding hydrogens is 438 g/mol. The maximum Gasteiger partial charge on any atom is 0.326 e. The number of benzene rings is 1. The van der Waals surface area contributed by atoms with Crippen LogP contribution in [-0.4, -0.2) is 48.1 Å². The number of aromatic amines is 1. The molecule has 0 saturated carbocycles. The van der Waals surface area contributed by atoms with E-state index in [-0.39, 0.29) is 42.1 Å². The fourth-order valence-electron chi connectivity index (χ4n) is 2.75. The summed E-state index contributed by atoms with van der Waals surface area (Å²) in [6, 6.07) is 5.10. The first-order valence-electron chi connectivity index (χ1n) is 9.33. The maximum atomic E-state index is 12.3. The van der Waals surface area contributed by atoms with Crippen molar-refractivity contribution in [1.82, 2.24) is 25.3 Å². The number of aromatic nitrogens is 4. The van der Waals surface area contributed by atoms with Crippen molar-refractivity contribution in [2.24, 2.45) is 0 Å². The number of carbonyl (C=O) groups is 3. The molecule has 1 aromatic carbocycles. The molecule has 32 heavy (non-hydrogen) atoms. The second-order valence-corrected chi connectivity index (χ2v) is 7.21. The highest BCUT2D eigenvalue weighted by molar-refractivity contribution is 7.96. The first kappa shape index (κ1) is 22.7. The van der Waals surface area contributed by atoms with E-state index in [0.717, 1.165) is 0 Å². The summed E-state index contributed by atoms with van der Waals surface area (Å²) in [4.78, 5) is 61.0. The summed E-state index contributed by atoms with van der Waals surface area (Å²) in [5.41, 5.74) is 6.59. The first-order chi connectivity index (χ1) is 15.2. The Morgan fingerprint density at radius 3 is 2.56 bits per heavy atom. The van der Waals surface area contributed by atoms with Gasteiger partial charge in [-0.3, -0.25) is 19.4 Å². The molecule has 13 heteroatoms. The number of hydrogen-bond acceptors (Lipinski definition) is 9. The highest BCUT2D eigenvalue weighted by atomic mass is 32.1. The van der Waals surface area contributed by atoms with E-state index in [4.69, 9.17) is 5.73 Å². The van der Waals surface area contributed by atoms with Crippen LogP contribution in [0, 0.1) is 0 Å². The number of nitrogens with two attached hydrogens (primary N) is 1. The standard InChI is InChI=1S/C19H19N7O5S/c20-19-25-15-14(17(29)26-19)23-11(8-22-15)7-21-10-3-1-9(2-4-10)16(28)24-12(18(30)31)5-6-13(27)32/h1-4,8,12,21H,5-7H2,(H,24,28)(H,27,32)(H,30,31)(H3,20,22,25,26,29). The number of rotatable bonds is 9. The number of aliphatic carboxylic acids is 1. The van der Waals surface area contributed by atoms with Crippen LogP contribution in [0.4, 0.5) is 11.6 Å². The molecular formula is C19H19N7O5S. The zero-order valence-corrected chi connectivity index (χ0v) is 17.4. The molecule has 1 atom stereocenters. The summed E-state index contributed by atoms with van der Waals surface area (Å²) in [5, 5.41) is 14.2. The number of carbonyl (C=O) groups excluding carboxylic acids is 2. The van der Waals surface area contributed by atoms with Gasteiger partial charge in [-0.05, 0) is 30.7 Å². The average Bonchev–Trinajstić information content (AvgIpc) is 2.75. The second kappa shape index (κ2) is 9.87. The van der Waals surface area contributed by atoms with Crippen LogP contribution in [0.25, 0.3) is 11.2 Å². The number of anilines is 2. The number of nitrogens with zero attached hydrogens (tertiary/aromatic N) is 3. The minimum Gasteiger partial charge on any atom is -0.480 e.